The number of pyridine rings is 1. The number of esters is 1. The van der Waals surface area contributed by atoms with Crippen molar-refractivity contribution >= 4 is 29.0 Å². The summed E-state index contributed by atoms with van der Waals surface area (Å²) in [7, 11) is 0. The highest BCUT2D eigenvalue weighted by Gasteiger charge is 2.30. The van der Waals surface area contributed by atoms with Gasteiger partial charge in [-0.3, -0.25) is 4.79 Å². The molecule has 2 heterocycles. The SMILES string of the molecule is CCOC(=O)c1cn(C2CC2)c2c(/C=C\CC3CC(NC(=O)OC(C)(C)C)CN3)c(F)c(F)cc2c1=O. The van der Waals surface area contributed by atoms with Crippen LogP contribution in [0.2, 0.25) is 0 Å². The third-order valence-corrected chi connectivity index (χ3v) is 6.33. The van der Waals surface area contributed by atoms with Gasteiger partial charge < -0.3 is 24.7 Å². The molecule has 2 aromatic rings. The largest absolute Gasteiger partial charge is 0.462 e. The van der Waals surface area contributed by atoms with Gasteiger partial charge in [-0.25, -0.2) is 18.4 Å². The van der Waals surface area contributed by atoms with Crippen molar-refractivity contribution in [2.75, 3.05) is 13.2 Å². The lowest BCUT2D eigenvalue weighted by Gasteiger charge is -2.21. The molecule has 1 saturated heterocycles. The molecule has 1 aromatic heterocycles. The minimum absolute atomic E-state index is 0.00975. The number of nitrogens with one attached hydrogen (secondary N) is 2. The van der Waals surface area contributed by atoms with Crippen LogP contribution in [0.1, 0.15) is 75.3 Å². The van der Waals surface area contributed by atoms with E-state index in [1.165, 1.54) is 12.3 Å². The van der Waals surface area contributed by atoms with Crippen LogP contribution in [0, 0.1) is 11.6 Å². The lowest BCUT2D eigenvalue weighted by atomic mass is 10.0. The van der Waals surface area contributed by atoms with E-state index in [1.807, 2.05) is 0 Å². The number of carbonyl (C=O) groups excluding carboxylic acids is 2. The lowest BCUT2D eigenvalue weighted by Crippen LogP contribution is -2.40. The van der Waals surface area contributed by atoms with Crippen LogP contribution in [0.15, 0.2) is 23.1 Å². The summed E-state index contributed by atoms with van der Waals surface area (Å²) in [6.07, 6.45) is 6.89. The first-order chi connectivity index (χ1) is 17.5. The maximum Gasteiger partial charge on any atom is 0.407 e. The topological polar surface area (TPSA) is 98.7 Å². The molecule has 2 unspecified atom stereocenters. The minimum Gasteiger partial charge on any atom is -0.462 e. The molecule has 0 radical (unpaired) electrons. The van der Waals surface area contributed by atoms with Gasteiger partial charge in [0.25, 0.3) is 0 Å². The molecule has 0 bridgehead atoms. The van der Waals surface area contributed by atoms with E-state index < -0.39 is 34.7 Å². The second-order valence-corrected chi connectivity index (χ2v) is 10.5. The molecule has 2 atom stereocenters. The van der Waals surface area contributed by atoms with Gasteiger partial charge in [-0.15, -0.1) is 0 Å². The highest BCUT2D eigenvalue weighted by molar-refractivity contribution is 5.96. The normalized spacial score (nSPS) is 19.9. The van der Waals surface area contributed by atoms with E-state index in [-0.39, 0.29) is 46.8 Å². The molecular formula is C27H33F2N3O5. The maximum atomic E-state index is 15.0. The average molecular weight is 518 g/mol. The number of alkyl carbamates (subject to hydrolysis) is 1. The molecule has 10 heteroatoms. The van der Waals surface area contributed by atoms with Crippen LogP contribution in [0.3, 0.4) is 0 Å². The van der Waals surface area contributed by atoms with Crippen molar-refractivity contribution in [2.45, 2.75) is 77.1 Å². The summed E-state index contributed by atoms with van der Waals surface area (Å²) < 4.78 is 41.6. The number of nitrogens with zero attached hydrogens (tertiary/aromatic N) is 1. The van der Waals surface area contributed by atoms with Crippen LogP contribution >= 0.6 is 0 Å². The van der Waals surface area contributed by atoms with Crippen LogP contribution in [0.5, 0.6) is 0 Å². The van der Waals surface area contributed by atoms with Crippen molar-refractivity contribution in [3.8, 4) is 0 Å². The average Bonchev–Trinajstić information content (AvgIpc) is 3.56. The number of carbonyl (C=O) groups is 2. The predicted octanol–water partition coefficient (Wildman–Crippen LogP) is 4.45. The molecule has 0 spiro atoms. The van der Waals surface area contributed by atoms with Crippen LogP contribution in [0.4, 0.5) is 13.6 Å². The molecule has 1 amide bonds. The molecule has 1 aliphatic heterocycles. The van der Waals surface area contributed by atoms with Gasteiger partial charge in [0, 0.05) is 36.4 Å². The Hall–Kier alpha value is -3.27. The van der Waals surface area contributed by atoms with E-state index in [4.69, 9.17) is 9.47 Å². The Morgan fingerprint density at radius 1 is 1.27 bits per heavy atom. The lowest BCUT2D eigenvalue weighted by molar-refractivity contribution is 0.0502. The van der Waals surface area contributed by atoms with Gasteiger partial charge >= 0.3 is 12.1 Å². The van der Waals surface area contributed by atoms with Gasteiger partial charge in [-0.1, -0.05) is 12.2 Å². The first-order valence-corrected chi connectivity index (χ1v) is 12.6. The standard InChI is InChI=1S/C27H33F2N3O5/c1-5-36-25(34)20-14-32(17-9-10-17)23-18(22(29)21(28)12-19(23)24(20)33)8-6-7-15-11-16(13-30-15)31-26(35)37-27(2,3)4/h6,8,12,14-17,30H,5,7,9-11,13H2,1-4H3,(H,31,35)/b8-6-. The van der Waals surface area contributed by atoms with Crippen LogP contribution in [0.25, 0.3) is 17.0 Å². The molecule has 8 nitrogen and oxygen atoms in total. The monoisotopic (exact) mass is 517 g/mol. The van der Waals surface area contributed by atoms with Crippen molar-refractivity contribution in [1.29, 1.82) is 0 Å². The van der Waals surface area contributed by atoms with Crippen molar-refractivity contribution in [2.24, 2.45) is 0 Å². The fraction of sp³-hybridized carbons (Fsp3) is 0.519. The van der Waals surface area contributed by atoms with Crippen molar-refractivity contribution in [3.63, 3.8) is 0 Å². The summed E-state index contributed by atoms with van der Waals surface area (Å²) in [6.45, 7) is 7.67. The molecule has 4 rings (SSSR count). The third kappa shape index (κ3) is 6.18. The van der Waals surface area contributed by atoms with Gasteiger partial charge in [0.1, 0.15) is 11.2 Å². The molecular weight excluding hydrogens is 484 g/mol. The number of fused-ring (bicyclic) bond motifs is 1. The Bertz CT molecular complexity index is 1290. The zero-order valence-corrected chi connectivity index (χ0v) is 21.5. The number of amides is 1. The van der Waals surface area contributed by atoms with Crippen molar-refractivity contribution in [1.82, 2.24) is 15.2 Å². The fourth-order valence-electron chi connectivity index (χ4n) is 4.57. The second kappa shape index (κ2) is 10.6. The fourth-order valence-corrected chi connectivity index (χ4v) is 4.57. The van der Waals surface area contributed by atoms with Gasteiger partial charge in [-0.05, 0) is 59.4 Å². The number of halogens is 2. The number of hydrogen-bond donors (Lipinski definition) is 2. The Labute approximate surface area is 214 Å². The zero-order chi connectivity index (χ0) is 26.9. The van der Waals surface area contributed by atoms with Crippen molar-refractivity contribution in [3.05, 3.63) is 51.3 Å². The minimum atomic E-state index is -1.16. The summed E-state index contributed by atoms with van der Waals surface area (Å²) in [5.41, 5.74) is -1.24. The molecule has 1 aliphatic carbocycles. The van der Waals surface area contributed by atoms with Crippen molar-refractivity contribution < 1.29 is 27.8 Å². The van der Waals surface area contributed by atoms with Crippen LogP contribution in [-0.4, -0.2) is 47.5 Å². The smallest absolute Gasteiger partial charge is 0.407 e. The van der Waals surface area contributed by atoms with E-state index in [2.05, 4.69) is 10.6 Å². The molecule has 2 N–H and O–H groups in total. The van der Waals surface area contributed by atoms with Crippen LogP contribution in [-0.2, 0) is 9.47 Å². The summed E-state index contributed by atoms with van der Waals surface area (Å²) in [4.78, 5) is 37.5. The third-order valence-electron chi connectivity index (χ3n) is 6.33. The number of rotatable bonds is 7. The molecule has 200 valence electrons. The Kier molecular flexibility index (Phi) is 7.68. The summed E-state index contributed by atoms with van der Waals surface area (Å²) in [5, 5.41) is 6.09. The van der Waals surface area contributed by atoms with E-state index in [0.717, 1.165) is 18.9 Å². The number of hydrogen-bond acceptors (Lipinski definition) is 6. The highest BCUT2D eigenvalue weighted by Crippen LogP contribution is 2.38. The highest BCUT2D eigenvalue weighted by atomic mass is 19.2. The van der Waals surface area contributed by atoms with Gasteiger partial charge in [0.15, 0.2) is 11.6 Å². The van der Waals surface area contributed by atoms with E-state index >= 15 is 4.39 Å². The first-order valence-electron chi connectivity index (χ1n) is 12.6. The Balaban J connectivity index is 1.57. The molecule has 1 aromatic carbocycles. The van der Waals surface area contributed by atoms with Gasteiger partial charge in [0.2, 0.25) is 5.43 Å². The zero-order valence-electron chi connectivity index (χ0n) is 21.5. The molecule has 37 heavy (non-hydrogen) atoms. The first kappa shape index (κ1) is 26.8. The second-order valence-electron chi connectivity index (χ2n) is 10.5. The summed E-state index contributed by atoms with van der Waals surface area (Å²) in [5.74, 6) is -2.99. The number of aromatic nitrogens is 1. The van der Waals surface area contributed by atoms with Crippen LogP contribution < -0.4 is 16.1 Å². The predicted molar refractivity (Wildman–Crippen MR) is 136 cm³/mol. The summed E-state index contributed by atoms with van der Waals surface area (Å²) >= 11 is 0. The number of benzene rings is 1. The van der Waals surface area contributed by atoms with E-state index in [0.29, 0.717) is 19.4 Å². The van der Waals surface area contributed by atoms with Gasteiger partial charge in [0.05, 0.1) is 17.5 Å². The summed E-state index contributed by atoms with van der Waals surface area (Å²) in [6, 6.07) is 0.753. The maximum absolute atomic E-state index is 15.0. The van der Waals surface area contributed by atoms with E-state index in [9.17, 15) is 18.8 Å². The molecule has 1 saturated carbocycles. The molecule has 2 aliphatic rings. The molecule has 2 fully saturated rings. The quantitative estimate of drug-likeness (QED) is 0.527. The Morgan fingerprint density at radius 2 is 2.00 bits per heavy atom. The van der Waals surface area contributed by atoms with E-state index in [1.54, 1.807) is 38.3 Å². The number of ether oxygens (including phenoxy) is 2. The van der Waals surface area contributed by atoms with Gasteiger partial charge in [-0.2, -0.15) is 0 Å². The Morgan fingerprint density at radius 3 is 2.65 bits per heavy atom.